The number of primary sulfonamides is 1. The van der Waals surface area contributed by atoms with Crippen LogP contribution in [-0.2, 0) is 19.9 Å². The molecular weight excluding hydrogens is 292 g/mol. The topological polar surface area (TPSA) is 123 Å². The molecule has 0 atom stereocenters. The summed E-state index contributed by atoms with van der Waals surface area (Å²) in [6, 6.07) is 5.02. The van der Waals surface area contributed by atoms with E-state index in [1.807, 2.05) is 0 Å². The number of carbonyl (C=O) groups excluding carboxylic acids is 1. The lowest BCUT2D eigenvalue weighted by Crippen LogP contribution is -2.28. The first kappa shape index (κ1) is 15.6. The van der Waals surface area contributed by atoms with Crippen LogP contribution in [0, 0.1) is 0 Å². The van der Waals surface area contributed by atoms with Crippen LogP contribution < -0.4 is 10.5 Å². The lowest BCUT2D eigenvalue weighted by Gasteiger charge is -2.05. The normalized spacial score (nSPS) is 12.1. The van der Waals surface area contributed by atoms with Gasteiger partial charge in [-0.1, -0.05) is 0 Å². The average Bonchev–Trinajstić information content (AvgIpc) is 2.26. The Morgan fingerprint density at radius 3 is 2.11 bits per heavy atom. The lowest BCUT2D eigenvalue weighted by atomic mass is 10.2. The second-order valence-electron chi connectivity index (χ2n) is 3.96. The molecule has 0 saturated carbocycles. The second kappa shape index (κ2) is 5.68. The first-order valence-corrected chi connectivity index (χ1v) is 8.79. The third-order valence-electron chi connectivity index (χ3n) is 2.20. The first-order valence-electron chi connectivity index (χ1n) is 5.18. The lowest BCUT2D eigenvalue weighted by molar-refractivity contribution is 0.0956. The van der Waals surface area contributed by atoms with E-state index in [-0.39, 0.29) is 22.8 Å². The first-order chi connectivity index (χ1) is 8.59. The van der Waals surface area contributed by atoms with Gasteiger partial charge < -0.3 is 5.32 Å². The fraction of sp³-hybridized carbons (Fsp3) is 0.300. The summed E-state index contributed by atoms with van der Waals surface area (Å²) in [4.78, 5) is 11.5. The molecule has 1 amide bonds. The molecule has 1 rings (SSSR count). The van der Waals surface area contributed by atoms with E-state index in [9.17, 15) is 21.6 Å². The monoisotopic (exact) mass is 306 g/mol. The van der Waals surface area contributed by atoms with Crippen molar-refractivity contribution < 1.29 is 21.6 Å². The molecule has 0 aromatic heterocycles. The predicted octanol–water partition coefficient (Wildman–Crippen LogP) is -0.892. The molecule has 0 aliphatic carbocycles. The zero-order valence-corrected chi connectivity index (χ0v) is 11.8. The zero-order chi connectivity index (χ0) is 14.7. The third kappa shape index (κ3) is 5.37. The van der Waals surface area contributed by atoms with Gasteiger partial charge in [0.1, 0.15) is 9.84 Å². The fourth-order valence-electron chi connectivity index (χ4n) is 1.25. The Morgan fingerprint density at radius 2 is 1.68 bits per heavy atom. The van der Waals surface area contributed by atoms with Crippen molar-refractivity contribution in [3.8, 4) is 0 Å². The van der Waals surface area contributed by atoms with Crippen LogP contribution in [0.4, 0.5) is 0 Å². The van der Waals surface area contributed by atoms with Crippen LogP contribution in [0.3, 0.4) is 0 Å². The van der Waals surface area contributed by atoms with Crippen molar-refractivity contribution in [2.24, 2.45) is 5.14 Å². The summed E-state index contributed by atoms with van der Waals surface area (Å²) in [5.41, 5.74) is 0.223. The third-order valence-corrected chi connectivity index (χ3v) is 4.08. The van der Waals surface area contributed by atoms with E-state index in [1.165, 1.54) is 24.3 Å². The van der Waals surface area contributed by atoms with Gasteiger partial charge in [-0.2, -0.15) is 0 Å². The molecule has 1 aromatic carbocycles. The number of sulfone groups is 1. The van der Waals surface area contributed by atoms with Gasteiger partial charge in [0.2, 0.25) is 10.0 Å². The fourth-order valence-corrected chi connectivity index (χ4v) is 2.24. The highest BCUT2D eigenvalue weighted by atomic mass is 32.2. The smallest absolute Gasteiger partial charge is 0.251 e. The van der Waals surface area contributed by atoms with E-state index in [4.69, 9.17) is 5.14 Å². The van der Waals surface area contributed by atoms with Crippen molar-refractivity contribution in [3.05, 3.63) is 29.8 Å². The van der Waals surface area contributed by atoms with Gasteiger partial charge in [0.05, 0.1) is 10.6 Å². The van der Waals surface area contributed by atoms with Crippen LogP contribution in [0.25, 0.3) is 0 Å². The van der Waals surface area contributed by atoms with Crippen LogP contribution in [0.1, 0.15) is 10.4 Å². The van der Waals surface area contributed by atoms with Crippen molar-refractivity contribution in [2.75, 3.05) is 18.6 Å². The van der Waals surface area contributed by atoms with Crippen LogP contribution in [0.2, 0.25) is 0 Å². The molecule has 3 N–H and O–H groups in total. The molecule has 0 aliphatic heterocycles. The SMILES string of the molecule is CS(=O)(=O)CCNC(=O)c1ccc(S(N)(=O)=O)cc1. The van der Waals surface area contributed by atoms with Crippen molar-refractivity contribution >= 4 is 25.8 Å². The minimum Gasteiger partial charge on any atom is -0.351 e. The highest BCUT2D eigenvalue weighted by Gasteiger charge is 2.10. The minimum absolute atomic E-state index is 0.00535. The van der Waals surface area contributed by atoms with Crippen LogP contribution in [0.5, 0.6) is 0 Å². The van der Waals surface area contributed by atoms with Crippen LogP contribution >= 0.6 is 0 Å². The van der Waals surface area contributed by atoms with E-state index < -0.39 is 25.8 Å². The number of hydrogen-bond donors (Lipinski definition) is 2. The van der Waals surface area contributed by atoms with E-state index >= 15 is 0 Å². The highest BCUT2D eigenvalue weighted by molar-refractivity contribution is 7.90. The van der Waals surface area contributed by atoms with Gasteiger partial charge in [0.15, 0.2) is 0 Å². The summed E-state index contributed by atoms with van der Waals surface area (Å²) in [7, 11) is -6.93. The van der Waals surface area contributed by atoms with Crippen molar-refractivity contribution in [1.82, 2.24) is 5.32 Å². The summed E-state index contributed by atoms with van der Waals surface area (Å²) in [6.07, 6.45) is 1.07. The number of amides is 1. The number of nitrogens with one attached hydrogen (secondary N) is 1. The summed E-state index contributed by atoms with van der Waals surface area (Å²) in [6.45, 7) is -0.00535. The Balaban J connectivity index is 2.69. The van der Waals surface area contributed by atoms with Crippen molar-refractivity contribution in [3.63, 3.8) is 0 Å². The number of rotatable bonds is 5. The Morgan fingerprint density at radius 1 is 1.16 bits per heavy atom. The Bertz CT molecular complexity index is 662. The minimum atomic E-state index is -3.79. The van der Waals surface area contributed by atoms with Crippen LogP contribution in [-0.4, -0.2) is 41.3 Å². The quantitative estimate of drug-likeness (QED) is 0.730. The molecule has 0 bridgehead atoms. The van der Waals surface area contributed by atoms with Gasteiger partial charge in [-0.15, -0.1) is 0 Å². The Hall–Kier alpha value is -1.45. The van der Waals surface area contributed by atoms with Gasteiger partial charge in [0.25, 0.3) is 5.91 Å². The molecular formula is C10H14N2O5S2. The van der Waals surface area contributed by atoms with Gasteiger partial charge in [-0.3, -0.25) is 4.79 Å². The van der Waals surface area contributed by atoms with E-state index in [1.54, 1.807) is 0 Å². The zero-order valence-electron chi connectivity index (χ0n) is 10.2. The number of nitrogens with two attached hydrogens (primary N) is 1. The number of benzene rings is 1. The molecule has 9 heteroatoms. The second-order valence-corrected chi connectivity index (χ2v) is 7.78. The van der Waals surface area contributed by atoms with Crippen molar-refractivity contribution in [2.45, 2.75) is 4.90 Å². The van der Waals surface area contributed by atoms with Gasteiger partial charge in [-0.25, -0.2) is 22.0 Å². The molecule has 0 aliphatic rings. The van der Waals surface area contributed by atoms with Crippen molar-refractivity contribution in [1.29, 1.82) is 0 Å². The summed E-state index contributed by atoms with van der Waals surface area (Å²) >= 11 is 0. The van der Waals surface area contributed by atoms with Gasteiger partial charge in [-0.05, 0) is 24.3 Å². The molecule has 106 valence electrons. The largest absolute Gasteiger partial charge is 0.351 e. The molecule has 0 spiro atoms. The average molecular weight is 306 g/mol. The van der Waals surface area contributed by atoms with E-state index in [0.717, 1.165) is 6.26 Å². The number of carbonyl (C=O) groups is 1. The van der Waals surface area contributed by atoms with Crippen LogP contribution in [0.15, 0.2) is 29.2 Å². The van der Waals surface area contributed by atoms with E-state index in [2.05, 4.69) is 5.32 Å². The molecule has 19 heavy (non-hydrogen) atoms. The maximum absolute atomic E-state index is 11.6. The maximum atomic E-state index is 11.6. The number of hydrogen-bond acceptors (Lipinski definition) is 5. The summed E-state index contributed by atoms with van der Waals surface area (Å²) in [5.74, 6) is -0.641. The van der Waals surface area contributed by atoms with Gasteiger partial charge in [0, 0.05) is 18.4 Å². The van der Waals surface area contributed by atoms with E-state index in [0.29, 0.717) is 0 Å². The summed E-state index contributed by atoms with van der Waals surface area (Å²) in [5, 5.41) is 7.33. The maximum Gasteiger partial charge on any atom is 0.251 e. The Kier molecular flexibility index (Phi) is 4.66. The van der Waals surface area contributed by atoms with Gasteiger partial charge >= 0.3 is 0 Å². The predicted molar refractivity (Wildman–Crippen MR) is 69.9 cm³/mol. The molecule has 0 fully saturated rings. The molecule has 0 radical (unpaired) electrons. The number of sulfonamides is 1. The Labute approximate surface area is 111 Å². The summed E-state index contributed by atoms with van der Waals surface area (Å²) < 4.78 is 43.8. The molecule has 7 nitrogen and oxygen atoms in total. The molecule has 1 aromatic rings. The molecule has 0 heterocycles. The highest BCUT2D eigenvalue weighted by Crippen LogP contribution is 2.08. The molecule has 0 saturated heterocycles. The molecule has 0 unspecified atom stereocenters. The standard InChI is InChI=1S/C10H14N2O5S2/c1-18(14,15)7-6-12-10(13)8-2-4-9(5-3-8)19(11,16)17/h2-5H,6-7H2,1H3,(H,12,13)(H2,11,16,17).